The topological polar surface area (TPSA) is 74.8 Å². The van der Waals surface area contributed by atoms with E-state index in [1.54, 1.807) is 14.2 Å². The van der Waals surface area contributed by atoms with Gasteiger partial charge in [-0.2, -0.15) is 0 Å². The minimum Gasteiger partial charge on any atom is -0.497 e. The second-order valence-electron chi connectivity index (χ2n) is 5.65. The molecule has 0 spiro atoms. The molecule has 0 unspecified atom stereocenters. The first-order valence-electron chi connectivity index (χ1n) is 8.08. The summed E-state index contributed by atoms with van der Waals surface area (Å²) in [6, 6.07) is 8.34. The van der Waals surface area contributed by atoms with E-state index in [2.05, 4.69) is 20.9 Å². The molecular formula is C17H27IN4O2. The molecule has 0 saturated heterocycles. The van der Waals surface area contributed by atoms with Gasteiger partial charge in [-0.3, -0.25) is 9.79 Å². The summed E-state index contributed by atoms with van der Waals surface area (Å²) in [4.78, 5) is 15.8. The molecule has 6 nitrogen and oxygen atoms in total. The van der Waals surface area contributed by atoms with Gasteiger partial charge in [0.2, 0.25) is 5.91 Å². The predicted octanol–water partition coefficient (Wildman–Crippen LogP) is 2.04. The number of aliphatic imine (C=N–C) groups is 1. The van der Waals surface area contributed by atoms with E-state index in [9.17, 15) is 4.79 Å². The summed E-state index contributed by atoms with van der Waals surface area (Å²) in [5.74, 6) is 1.72. The smallest absolute Gasteiger partial charge is 0.220 e. The summed E-state index contributed by atoms with van der Waals surface area (Å²) in [6.07, 6.45) is 3.60. The molecule has 134 valence electrons. The number of guanidine groups is 1. The van der Waals surface area contributed by atoms with Crippen molar-refractivity contribution in [1.82, 2.24) is 16.0 Å². The highest BCUT2D eigenvalue weighted by Gasteiger charge is 2.22. The molecule has 0 bridgehead atoms. The number of benzene rings is 1. The monoisotopic (exact) mass is 446 g/mol. The van der Waals surface area contributed by atoms with Gasteiger partial charge in [-0.1, -0.05) is 12.1 Å². The summed E-state index contributed by atoms with van der Waals surface area (Å²) in [7, 11) is 3.40. The van der Waals surface area contributed by atoms with Crippen LogP contribution in [0, 0.1) is 0 Å². The molecule has 0 radical (unpaired) electrons. The zero-order valence-electron chi connectivity index (χ0n) is 14.3. The lowest BCUT2D eigenvalue weighted by Crippen LogP contribution is -2.37. The molecular weight excluding hydrogens is 419 g/mol. The zero-order valence-corrected chi connectivity index (χ0v) is 16.6. The Hall–Kier alpha value is -1.51. The van der Waals surface area contributed by atoms with Gasteiger partial charge in [0.05, 0.1) is 7.11 Å². The Balaban J connectivity index is 0.00000288. The molecule has 1 aliphatic rings. The van der Waals surface area contributed by atoms with Crippen molar-refractivity contribution in [1.29, 1.82) is 0 Å². The lowest BCUT2D eigenvalue weighted by Gasteiger charge is -2.12. The molecule has 2 rings (SSSR count). The molecule has 1 fully saturated rings. The maximum absolute atomic E-state index is 11.6. The number of carbonyl (C=O) groups is 1. The molecule has 0 heterocycles. The van der Waals surface area contributed by atoms with Crippen LogP contribution in [0.15, 0.2) is 29.3 Å². The summed E-state index contributed by atoms with van der Waals surface area (Å²) < 4.78 is 5.21. The first kappa shape index (κ1) is 20.5. The van der Waals surface area contributed by atoms with E-state index in [1.165, 1.54) is 0 Å². The Bertz CT molecular complexity index is 547. The fourth-order valence-electron chi connectivity index (χ4n) is 2.17. The minimum absolute atomic E-state index is 0. The number of carbonyl (C=O) groups excluding carboxylic acids is 1. The third kappa shape index (κ3) is 7.85. The first-order chi connectivity index (χ1) is 11.2. The van der Waals surface area contributed by atoms with Crippen LogP contribution in [0.2, 0.25) is 0 Å². The molecule has 7 heteroatoms. The Kier molecular flexibility index (Phi) is 9.51. The van der Waals surface area contributed by atoms with Gasteiger partial charge >= 0.3 is 0 Å². The van der Waals surface area contributed by atoms with Gasteiger partial charge in [0.15, 0.2) is 5.96 Å². The third-order valence-electron chi connectivity index (χ3n) is 3.63. The molecule has 0 aromatic heterocycles. The normalized spacial score (nSPS) is 13.7. The van der Waals surface area contributed by atoms with Crippen LogP contribution in [0.1, 0.15) is 31.2 Å². The summed E-state index contributed by atoms with van der Waals surface area (Å²) in [6.45, 7) is 1.38. The Labute approximate surface area is 160 Å². The Morgan fingerprint density at radius 1 is 1.33 bits per heavy atom. The molecule has 3 N–H and O–H groups in total. The van der Waals surface area contributed by atoms with Crippen molar-refractivity contribution < 1.29 is 9.53 Å². The first-order valence-corrected chi connectivity index (χ1v) is 8.08. The van der Waals surface area contributed by atoms with Crippen molar-refractivity contribution in [2.75, 3.05) is 20.7 Å². The van der Waals surface area contributed by atoms with Crippen molar-refractivity contribution in [3.05, 3.63) is 29.8 Å². The lowest BCUT2D eigenvalue weighted by atomic mass is 10.2. The molecule has 1 aromatic rings. The summed E-state index contributed by atoms with van der Waals surface area (Å²) in [5.41, 5.74) is 1.12. The van der Waals surface area contributed by atoms with E-state index in [1.807, 2.05) is 24.3 Å². The van der Waals surface area contributed by atoms with E-state index in [0.717, 1.165) is 43.1 Å². The van der Waals surface area contributed by atoms with Gasteiger partial charge in [0, 0.05) is 32.6 Å². The van der Waals surface area contributed by atoms with Gasteiger partial charge in [0.1, 0.15) is 5.75 Å². The highest BCUT2D eigenvalue weighted by molar-refractivity contribution is 14.0. The molecule has 0 aliphatic heterocycles. The quantitative estimate of drug-likeness (QED) is 0.247. The van der Waals surface area contributed by atoms with Crippen LogP contribution in [0.25, 0.3) is 0 Å². The van der Waals surface area contributed by atoms with Crippen LogP contribution < -0.4 is 20.7 Å². The standard InChI is InChI=1S/C17H26N4O2.HI/c1-18-17(19-10-4-7-16(22)21-14-8-9-14)20-12-13-5-3-6-15(11-13)23-2;/h3,5-6,11,14H,4,7-10,12H2,1-2H3,(H,21,22)(H2,18,19,20);1H. The van der Waals surface area contributed by atoms with E-state index >= 15 is 0 Å². The molecule has 1 aromatic carbocycles. The number of amides is 1. The SMILES string of the molecule is CN=C(NCCCC(=O)NC1CC1)NCc1cccc(OC)c1.I. The fraction of sp³-hybridized carbons (Fsp3) is 0.529. The molecule has 1 saturated carbocycles. The second-order valence-corrected chi connectivity index (χ2v) is 5.65. The molecule has 24 heavy (non-hydrogen) atoms. The fourth-order valence-corrected chi connectivity index (χ4v) is 2.17. The van der Waals surface area contributed by atoms with Crippen molar-refractivity contribution in [3.8, 4) is 5.75 Å². The number of hydrogen-bond donors (Lipinski definition) is 3. The average Bonchev–Trinajstić information content (AvgIpc) is 3.38. The number of ether oxygens (including phenoxy) is 1. The Morgan fingerprint density at radius 2 is 2.12 bits per heavy atom. The van der Waals surface area contributed by atoms with Crippen LogP contribution in [0.5, 0.6) is 5.75 Å². The largest absolute Gasteiger partial charge is 0.497 e. The summed E-state index contributed by atoms with van der Waals surface area (Å²) in [5, 5.41) is 9.46. The van der Waals surface area contributed by atoms with E-state index in [-0.39, 0.29) is 29.9 Å². The van der Waals surface area contributed by atoms with Crippen LogP contribution in [0.4, 0.5) is 0 Å². The number of halogens is 1. The lowest BCUT2D eigenvalue weighted by molar-refractivity contribution is -0.121. The second kappa shape index (κ2) is 11.1. The predicted molar refractivity (Wildman–Crippen MR) is 107 cm³/mol. The Morgan fingerprint density at radius 3 is 2.79 bits per heavy atom. The molecule has 1 aliphatic carbocycles. The van der Waals surface area contributed by atoms with Gasteiger partial charge < -0.3 is 20.7 Å². The highest BCUT2D eigenvalue weighted by Crippen LogP contribution is 2.18. The van der Waals surface area contributed by atoms with E-state index in [0.29, 0.717) is 19.0 Å². The van der Waals surface area contributed by atoms with Crippen molar-refractivity contribution in [2.45, 2.75) is 38.3 Å². The van der Waals surface area contributed by atoms with E-state index in [4.69, 9.17) is 4.74 Å². The maximum Gasteiger partial charge on any atom is 0.220 e. The van der Waals surface area contributed by atoms with Gasteiger partial charge in [-0.25, -0.2) is 0 Å². The van der Waals surface area contributed by atoms with E-state index < -0.39 is 0 Å². The van der Waals surface area contributed by atoms with Crippen molar-refractivity contribution in [2.24, 2.45) is 4.99 Å². The van der Waals surface area contributed by atoms with Crippen molar-refractivity contribution in [3.63, 3.8) is 0 Å². The maximum atomic E-state index is 11.6. The van der Waals surface area contributed by atoms with Crippen LogP contribution in [-0.2, 0) is 11.3 Å². The van der Waals surface area contributed by atoms with Gasteiger partial charge in [-0.15, -0.1) is 24.0 Å². The molecule has 1 amide bonds. The number of methoxy groups -OCH3 is 1. The molecule has 0 atom stereocenters. The number of hydrogen-bond acceptors (Lipinski definition) is 3. The minimum atomic E-state index is 0. The van der Waals surface area contributed by atoms with Crippen LogP contribution in [0.3, 0.4) is 0 Å². The summed E-state index contributed by atoms with van der Waals surface area (Å²) >= 11 is 0. The third-order valence-corrected chi connectivity index (χ3v) is 3.63. The number of rotatable bonds is 8. The number of nitrogens with one attached hydrogen (secondary N) is 3. The number of nitrogens with zero attached hydrogens (tertiary/aromatic N) is 1. The average molecular weight is 446 g/mol. The van der Waals surface area contributed by atoms with Gasteiger partial charge in [-0.05, 0) is 37.0 Å². The highest BCUT2D eigenvalue weighted by atomic mass is 127. The van der Waals surface area contributed by atoms with Gasteiger partial charge in [0.25, 0.3) is 0 Å². The zero-order chi connectivity index (χ0) is 16.5. The van der Waals surface area contributed by atoms with Crippen molar-refractivity contribution >= 4 is 35.8 Å². The van der Waals surface area contributed by atoms with Crippen LogP contribution in [-0.4, -0.2) is 38.6 Å². The van der Waals surface area contributed by atoms with Crippen LogP contribution >= 0.6 is 24.0 Å².